The molecule has 3 nitrogen and oxygen atoms in total. The van der Waals surface area contributed by atoms with Gasteiger partial charge in [0.1, 0.15) is 6.61 Å². The van der Waals surface area contributed by atoms with Crippen molar-refractivity contribution in [3.8, 4) is 11.8 Å². The summed E-state index contributed by atoms with van der Waals surface area (Å²) in [7, 11) is 0. The van der Waals surface area contributed by atoms with Crippen molar-refractivity contribution in [3.63, 3.8) is 0 Å². The first kappa shape index (κ1) is 15.6. The largest absolute Gasteiger partial charge is 0.384 e. The van der Waals surface area contributed by atoms with Crippen LogP contribution in [0.2, 0.25) is 0 Å². The Kier molecular flexibility index (Phi) is 5.03. The van der Waals surface area contributed by atoms with Gasteiger partial charge in [-0.15, -0.1) is 0 Å². The van der Waals surface area contributed by atoms with Gasteiger partial charge in [0.2, 0.25) is 0 Å². The van der Waals surface area contributed by atoms with E-state index in [1.807, 2.05) is 30.0 Å². The number of aliphatic hydroxyl groups excluding tert-OH is 1. The zero-order valence-corrected chi connectivity index (χ0v) is 13.0. The van der Waals surface area contributed by atoms with E-state index in [1.54, 1.807) is 0 Å². The van der Waals surface area contributed by atoms with Crippen LogP contribution in [0.4, 0.5) is 0 Å². The van der Waals surface area contributed by atoms with Gasteiger partial charge in [0.05, 0.1) is 5.56 Å². The van der Waals surface area contributed by atoms with E-state index in [1.165, 1.54) is 0 Å². The molecule has 0 radical (unpaired) electrons. The molecule has 0 spiro atoms. The number of likely N-dealkylation sites (tertiary alicyclic amines) is 1. The number of rotatable bonds is 1. The van der Waals surface area contributed by atoms with Gasteiger partial charge in [-0.25, -0.2) is 0 Å². The number of amides is 1. The van der Waals surface area contributed by atoms with Crippen molar-refractivity contribution >= 4 is 5.91 Å². The Morgan fingerprint density at radius 1 is 1.38 bits per heavy atom. The summed E-state index contributed by atoms with van der Waals surface area (Å²) in [5.41, 5.74) is 2.40. The average molecular weight is 285 g/mol. The maximum absolute atomic E-state index is 12.8. The molecule has 0 aromatic heterocycles. The van der Waals surface area contributed by atoms with Crippen LogP contribution in [0, 0.1) is 30.6 Å². The molecule has 1 aromatic carbocycles. The van der Waals surface area contributed by atoms with Crippen LogP contribution in [0.1, 0.15) is 41.8 Å². The summed E-state index contributed by atoms with van der Waals surface area (Å²) in [6.07, 6.45) is 1.05. The molecular formula is C18H23NO2. The standard InChI is InChI=1S/C18H23NO2/c1-13-6-7-16(5-4-10-20)17(11-13)18(21)19-9-8-14(2)15(3)12-19/h6-7,11,14-15,20H,8-10,12H2,1-3H3. The van der Waals surface area contributed by atoms with Gasteiger partial charge in [0.15, 0.2) is 0 Å². The molecule has 1 N–H and O–H groups in total. The minimum atomic E-state index is -0.195. The van der Waals surface area contributed by atoms with E-state index >= 15 is 0 Å². The van der Waals surface area contributed by atoms with E-state index in [-0.39, 0.29) is 12.5 Å². The van der Waals surface area contributed by atoms with Crippen molar-refractivity contribution in [3.05, 3.63) is 34.9 Å². The highest BCUT2D eigenvalue weighted by Gasteiger charge is 2.27. The zero-order valence-electron chi connectivity index (χ0n) is 13.0. The highest BCUT2D eigenvalue weighted by molar-refractivity contribution is 5.97. The van der Waals surface area contributed by atoms with E-state index in [0.29, 0.717) is 23.0 Å². The van der Waals surface area contributed by atoms with E-state index in [0.717, 1.165) is 25.1 Å². The maximum atomic E-state index is 12.8. The number of carbonyl (C=O) groups excluding carboxylic acids is 1. The first-order chi connectivity index (χ1) is 10.0. The minimum Gasteiger partial charge on any atom is -0.384 e. The lowest BCUT2D eigenvalue weighted by atomic mass is 9.88. The average Bonchev–Trinajstić information content (AvgIpc) is 2.48. The number of piperidine rings is 1. The number of nitrogens with zero attached hydrogens (tertiary/aromatic N) is 1. The molecule has 1 aliphatic rings. The summed E-state index contributed by atoms with van der Waals surface area (Å²) in [5, 5.41) is 8.86. The van der Waals surface area contributed by atoms with Crippen LogP contribution in [0.25, 0.3) is 0 Å². The van der Waals surface area contributed by atoms with Crippen molar-refractivity contribution in [2.24, 2.45) is 11.8 Å². The third-order valence-electron chi connectivity index (χ3n) is 4.33. The molecular weight excluding hydrogens is 262 g/mol. The van der Waals surface area contributed by atoms with Crippen molar-refractivity contribution in [2.75, 3.05) is 19.7 Å². The lowest BCUT2D eigenvalue weighted by Crippen LogP contribution is -2.42. The van der Waals surface area contributed by atoms with Crippen LogP contribution in [-0.2, 0) is 0 Å². The predicted octanol–water partition coefficient (Wildman–Crippen LogP) is 2.46. The fourth-order valence-corrected chi connectivity index (χ4v) is 2.70. The Bertz CT molecular complexity index is 583. The molecule has 0 saturated carbocycles. The van der Waals surface area contributed by atoms with Crippen molar-refractivity contribution in [2.45, 2.75) is 27.2 Å². The second-order valence-electron chi connectivity index (χ2n) is 6.00. The lowest BCUT2D eigenvalue weighted by molar-refractivity contribution is 0.0627. The molecule has 3 heteroatoms. The summed E-state index contributed by atoms with van der Waals surface area (Å²) < 4.78 is 0. The van der Waals surface area contributed by atoms with Gasteiger partial charge in [-0.3, -0.25) is 4.79 Å². The molecule has 1 saturated heterocycles. The second kappa shape index (κ2) is 6.78. The smallest absolute Gasteiger partial charge is 0.255 e. The van der Waals surface area contributed by atoms with Gasteiger partial charge in [-0.05, 0) is 37.3 Å². The highest BCUT2D eigenvalue weighted by atomic mass is 16.2. The van der Waals surface area contributed by atoms with E-state index < -0.39 is 0 Å². The van der Waals surface area contributed by atoms with Crippen LogP contribution < -0.4 is 0 Å². The molecule has 1 fully saturated rings. The molecule has 0 aliphatic carbocycles. The van der Waals surface area contributed by atoms with Gasteiger partial charge in [-0.2, -0.15) is 0 Å². The topological polar surface area (TPSA) is 40.5 Å². The Morgan fingerprint density at radius 3 is 2.81 bits per heavy atom. The number of carbonyl (C=O) groups is 1. The van der Waals surface area contributed by atoms with E-state index in [9.17, 15) is 4.79 Å². The minimum absolute atomic E-state index is 0.0553. The Labute approximate surface area is 127 Å². The van der Waals surface area contributed by atoms with Crippen LogP contribution in [0.5, 0.6) is 0 Å². The second-order valence-corrected chi connectivity index (χ2v) is 6.00. The lowest BCUT2D eigenvalue weighted by Gasteiger charge is -2.35. The molecule has 112 valence electrons. The van der Waals surface area contributed by atoms with Crippen molar-refractivity contribution in [1.82, 2.24) is 4.90 Å². The van der Waals surface area contributed by atoms with Gasteiger partial charge in [-0.1, -0.05) is 37.3 Å². The molecule has 1 aliphatic heterocycles. The van der Waals surface area contributed by atoms with Gasteiger partial charge < -0.3 is 10.0 Å². The normalized spacial score (nSPS) is 21.6. The van der Waals surface area contributed by atoms with Crippen LogP contribution in [0.3, 0.4) is 0 Å². The molecule has 2 rings (SSSR count). The quantitative estimate of drug-likeness (QED) is 0.805. The molecule has 1 heterocycles. The molecule has 2 atom stereocenters. The fourth-order valence-electron chi connectivity index (χ4n) is 2.70. The van der Waals surface area contributed by atoms with E-state index in [2.05, 4.69) is 25.7 Å². The van der Waals surface area contributed by atoms with Gasteiger partial charge in [0, 0.05) is 18.7 Å². The molecule has 0 bridgehead atoms. The summed E-state index contributed by atoms with van der Waals surface area (Å²) in [6.45, 7) is 7.84. The Balaban J connectivity index is 2.28. The number of aliphatic hydroxyl groups is 1. The van der Waals surface area contributed by atoms with Crippen LogP contribution in [-0.4, -0.2) is 35.6 Å². The number of hydrogen-bond acceptors (Lipinski definition) is 2. The van der Waals surface area contributed by atoms with E-state index in [4.69, 9.17) is 5.11 Å². The summed E-state index contributed by atoms with van der Waals surface area (Å²) >= 11 is 0. The first-order valence-electron chi connectivity index (χ1n) is 7.52. The highest BCUT2D eigenvalue weighted by Crippen LogP contribution is 2.24. The molecule has 2 unspecified atom stereocenters. The van der Waals surface area contributed by atoms with Gasteiger partial charge in [0.25, 0.3) is 5.91 Å². The fraction of sp³-hybridized carbons (Fsp3) is 0.500. The van der Waals surface area contributed by atoms with Crippen molar-refractivity contribution in [1.29, 1.82) is 0 Å². The number of benzene rings is 1. The summed E-state index contributed by atoms with van der Waals surface area (Å²) in [4.78, 5) is 14.7. The molecule has 1 aromatic rings. The number of hydrogen-bond donors (Lipinski definition) is 1. The SMILES string of the molecule is Cc1ccc(C#CCO)c(C(=O)N2CCC(C)C(C)C2)c1. The Morgan fingerprint density at radius 2 is 2.14 bits per heavy atom. The Hall–Kier alpha value is -1.79. The molecule has 1 amide bonds. The first-order valence-corrected chi connectivity index (χ1v) is 7.52. The molecule has 21 heavy (non-hydrogen) atoms. The maximum Gasteiger partial charge on any atom is 0.255 e. The third kappa shape index (κ3) is 3.65. The van der Waals surface area contributed by atoms with Crippen LogP contribution in [0.15, 0.2) is 18.2 Å². The number of aryl methyl sites for hydroxylation is 1. The summed E-state index contributed by atoms with van der Waals surface area (Å²) in [5.74, 6) is 6.76. The van der Waals surface area contributed by atoms with Gasteiger partial charge >= 0.3 is 0 Å². The van der Waals surface area contributed by atoms with Crippen LogP contribution >= 0.6 is 0 Å². The predicted molar refractivity (Wildman–Crippen MR) is 84.0 cm³/mol. The van der Waals surface area contributed by atoms with Crippen molar-refractivity contribution < 1.29 is 9.90 Å². The monoisotopic (exact) mass is 285 g/mol. The zero-order chi connectivity index (χ0) is 15.4. The summed E-state index contributed by atoms with van der Waals surface area (Å²) in [6, 6.07) is 5.70. The third-order valence-corrected chi connectivity index (χ3v) is 4.33.